The molecule has 0 atom stereocenters. The van der Waals surface area contributed by atoms with Gasteiger partial charge < -0.3 is 1.43 Å². The van der Waals surface area contributed by atoms with Crippen LogP contribution in [0.25, 0.3) is 0 Å². The number of alkyl halides is 11. The van der Waals surface area contributed by atoms with Crippen LogP contribution in [-0.2, 0) is 20.0 Å². The molecule has 20 heteroatoms. The molecule has 0 unspecified atom stereocenters. The van der Waals surface area contributed by atoms with Gasteiger partial charge in [-0.15, -0.1) is 4.48 Å². The van der Waals surface area contributed by atoms with Gasteiger partial charge in [-0.3, -0.25) is 0 Å². The van der Waals surface area contributed by atoms with Crippen molar-refractivity contribution in [1.82, 2.24) is 3.93 Å². The molecule has 0 saturated heterocycles. The van der Waals surface area contributed by atoms with Crippen LogP contribution in [0.5, 0.6) is 0 Å². The van der Waals surface area contributed by atoms with Gasteiger partial charge in [-0.05, 0) is 0 Å². The summed E-state index contributed by atoms with van der Waals surface area (Å²) in [6.07, 6.45) is -12.9. The number of nitrogens with zero attached hydrogens (tertiary/aromatic N) is 1. The first-order valence-corrected chi connectivity index (χ1v) is 7.42. The second-order valence-electron chi connectivity index (χ2n) is 3.62. The van der Waals surface area contributed by atoms with Crippen molar-refractivity contribution in [2.75, 3.05) is 0 Å². The van der Waals surface area contributed by atoms with Gasteiger partial charge in [0.1, 0.15) is 0 Å². The summed E-state index contributed by atoms with van der Waals surface area (Å²) in [6, 6.07) is 0. The van der Waals surface area contributed by atoms with Gasteiger partial charge in [-0.25, -0.2) is 25.6 Å². The summed E-state index contributed by atoms with van der Waals surface area (Å²) >= 11 is 0. The van der Waals surface area contributed by atoms with Crippen LogP contribution in [0.1, 0.15) is 1.43 Å². The molecule has 0 spiro atoms. The third-order valence-corrected chi connectivity index (χ3v) is 5.75. The average molecular weight is 455 g/mol. The maximum atomic E-state index is 12.9. The van der Waals surface area contributed by atoms with E-state index in [1.165, 1.54) is 0 Å². The number of halogens is 12. The molecular formula is C5H2F12NNaO4S2. The number of hydrogen-bond acceptors (Lipinski definition) is 4. The summed E-state index contributed by atoms with van der Waals surface area (Å²) in [6.45, 7) is 0. The molecule has 0 saturated carbocycles. The predicted octanol–water partition coefficient (Wildman–Crippen LogP) is -0.403. The molecule has 0 aromatic rings. The summed E-state index contributed by atoms with van der Waals surface area (Å²) in [5.41, 5.74) is 0. The van der Waals surface area contributed by atoms with Gasteiger partial charge >= 0.3 is 78.6 Å². The molecule has 0 rings (SSSR count). The maximum Gasteiger partial charge on any atom is 1.00 e. The standard InChI is InChI=1S/C5HF12NO4S2.Na.H/c6-1(7)2(8,9)4(13,14)23(19,20)18(17)24(21,22)5(15,16)3(10,11)12;;/h1H;;/q;+1;-1. The Hall–Kier alpha value is 0.0200. The quantitative estimate of drug-likeness (QED) is 0.311. The van der Waals surface area contributed by atoms with E-state index in [1.807, 2.05) is 0 Å². The van der Waals surface area contributed by atoms with Gasteiger partial charge in [0.25, 0.3) is 0 Å². The van der Waals surface area contributed by atoms with Gasteiger partial charge in [0.15, 0.2) is 0 Å². The third-order valence-electron chi connectivity index (χ3n) is 2.02. The number of rotatable bonds is 6. The van der Waals surface area contributed by atoms with Crippen molar-refractivity contribution in [3.05, 3.63) is 0 Å². The van der Waals surface area contributed by atoms with E-state index < -0.39 is 53.0 Å². The molecule has 0 radical (unpaired) electrons. The van der Waals surface area contributed by atoms with Crippen LogP contribution in [0.3, 0.4) is 0 Å². The zero-order valence-electron chi connectivity index (χ0n) is 12.0. The average Bonchev–Trinajstić information content (AvgIpc) is 2.35. The van der Waals surface area contributed by atoms with Gasteiger partial charge in [0, 0.05) is 0 Å². The Morgan fingerprint density at radius 2 is 1.00 bits per heavy atom. The summed E-state index contributed by atoms with van der Waals surface area (Å²) in [5, 5.41) is -14.8. The molecule has 148 valence electrons. The van der Waals surface area contributed by atoms with Crippen LogP contribution >= 0.6 is 0 Å². The topological polar surface area (TPSA) is 71.5 Å². The maximum absolute atomic E-state index is 12.9. The third kappa shape index (κ3) is 3.99. The van der Waals surface area contributed by atoms with Crippen molar-refractivity contribution in [2.24, 2.45) is 0 Å². The molecule has 0 aromatic heterocycles. The smallest absolute Gasteiger partial charge is 1.00 e. The molecule has 0 amide bonds. The molecule has 0 aliphatic rings. The molecule has 5 nitrogen and oxygen atoms in total. The molecule has 0 N–H and O–H groups in total. The monoisotopic (exact) mass is 455 g/mol. The van der Waals surface area contributed by atoms with Crippen molar-refractivity contribution in [3.8, 4) is 0 Å². The van der Waals surface area contributed by atoms with Gasteiger partial charge in [0.2, 0.25) is 0 Å². The summed E-state index contributed by atoms with van der Waals surface area (Å²) in [4.78, 5) is 0. The van der Waals surface area contributed by atoms with Crippen molar-refractivity contribution >= 4 is 20.0 Å². The van der Waals surface area contributed by atoms with Crippen LogP contribution in [0.15, 0.2) is 0 Å². The van der Waals surface area contributed by atoms with Gasteiger partial charge in [-0.1, -0.05) is 0 Å². The Bertz CT molecular complexity index is 691. The molecule has 0 fully saturated rings. The van der Waals surface area contributed by atoms with Crippen LogP contribution in [0.4, 0.5) is 52.8 Å². The van der Waals surface area contributed by atoms with E-state index in [0.29, 0.717) is 0 Å². The van der Waals surface area contributed by atoms with Gasteiger partial charge in [-0.2, -0.15) is 39.5 Å². The van der Waals surface area contributed by atoms with Crippen molar-refractivity contribution in [1.29, 1.82) is 0 Å². The SMILES string of the molecule is O=S(=O)(N(F)S(=O)(=O)C(F)(F)C(F)(F)C(F)F)C(F)(F)C(F)(F)F.[H-].[Na+]. The van der Waals surface area contributed by atoms with Crippen LogP contribution in [0, 0.1) is 0 Å². The molecule has 0 aliphatic heterocycles. The minimum Gasteiger partial charge on any atom is -1.00 e. The van der Waals surface area contributed by atoms with Crippen LogP contribution < -0.4 is 29.6 Å². The minimum absolute atomic E-state index is 0. The van der Waals surface area contributed by atoms with Crippen molar-refractivity contribution in [2.45, 2.75) is 29.0 Å². The summed E-state index contributed by atoms with van der Waals surface area (Å²) in [5.74, 6) is -7.04. The largest absolute Gasteiger partial charge is 1.00 e. The Kier molecular flexibility index (Phi) is 7.86. The fourth-order valence-corrected chi connectivity index (χ4v) is 3.44. The normalized spacial score (nSPS) is 15.4. The molecule has 0 aliphatic carbocycles. The fourth-order valence-electron chi connectivity index (χ4n) is 0.755. The van der Waals surface area contributed by atoms with Gasteiger partial charge in [0.05, 0.1) is 3.93 Å². The van der Waals surface area contributed by atoms with E-state index in [1.54, 1.807) is 0 Å². The molecule has 0 heterocycles. The molecular weight excluding hydrogens is 453 g/mol. The van der Waals surface area contributed by atoms with E-state index in [2.05, 4.69) is 0 Å². The van der Waals surface area contributed by atoms with E-state index in [9.17, 15) is 69.6 Å². The zero-order chi connectivity index (χ0) is 20.2. The predicted molar refractivity (Wildman–Crippen MR) is 48.8 cm³/mol. The van der Waals surface area contributed by atoms with E-state index in [0.717, 1.165) is 0 Å². The van der Waals surface area contributed by atoms with Crippen LogP contribution in [-0.4, -0.2) is 49.8 Å². The van der Waals surface area contributed by atoms with E-state index in [-0.39, 0.29) is 31.0 Å². The second-order valence-corrected chi connectivity index (χ2v) is 7.42. The summed E-state index contributed by atoms with van der Waals surface area (Å²) in [7, 11) is -16.6. The van der Waals surface area contributed by atoms with E-state index in [4.69, 9.17) is 0 Å². The minimum atomic E-state index is -8.31. The zero-order valence-corrected chi connectivity index (χ0v) is 14.6. The Balaban J connectivity index is -0.00000264. The second kappa shape index (κ2) is 7.21. The van der Waals surface area contributed by atoms with E-state index >= 15 is 0 Å². The number of sulfonamides is 2. The Labute approximate surface area is 153 Å². The molecule has 25 heavy (non-hydrogen) atoms. The first-order chi connectivity index (χ1) is 10.1. The van der Waals surface area contributed by atoms with Crippen molar-refractivity contribution < 1.29 is 101 Å². The fraction of sp³-hybridized carbons (Fsp3) is 1.00. The number of hydrogen-bond donors (Lipinski definition) is 0. The van der Waals surface area contributed by atoms with Crippen molar-refractivity contribution in [3.63, 3.8) is 0 Å². The molecule has 0 aromatic carbocycles. The summed E-state index contributed by atoms with van der Waals surface area (Å²) < 4.78 is 185. The van der Waals surface area contributed by atoms with Crippen LogP contribution in [0.2, 0.25) is 0 Å². The first-order valence-electron chi connectivity index (χ1n) is 4.54. The first kappa shape index (κ1) is 27.2. The molecule has 0 bridgehead atoms. The Morgan fingerprint density at radius 1 is 0.720 bits per heavy atom. The Morgan fingerprint density at radius 3 is 1.24 bits per heavy atom.